The summed E-state index contributed by atoms with van der Waals surface area (Å²) in [4.78, 5) is 16.5. The minimum Gasteiger partial charge on any atom is -0.497 e. The fourth-order valence-corrected chi connectivity index (χ4v) is 3.92. The Kier molecular flexibility index (Phi) is 13.0. The van der Waals surface area contributed by atoms with Crippen molar-refractivity contribution >= 4 is 5.91 Å². The minimum absolute atomic E-state index is 0.185. The van der Waals surface area contributed by atoms with Crippen LogP contribution in [-0.2, 0) is 28.1 Å². The zero-order chi connectivity index (χ0) is 30.4. The molecule has 7 nitrogen and oxygen atoms in total. The molecule has 3 aromatic rings. The van der Waals surface area contributed by atoms with Gasteiger partial charge < -0.3 is 19.7 Å². The number of methoxy groups -OCH3 is 1. The van der Waals surface area contributed by atoms with E-state index in [1.165, 1.54) is 7.11 Å². The van der Waals surface area contributed by atoms with Gasteiger partial charge in [-0.15, -0.1) is 0 Å². The summed E-state index contributed by atoms with van der Waals surface area (Å²) in [5.41, 5.74) is 3.96. The van der Waals surface area contributed by atoms with E-state index in [1.807, 2.05) is 88.4 Å². The first-order valence-electron chi connectivity index (χ1n) is 13.8. The lowest BCUT2D eigenvalue weighted by Crippen LogP contribution is -2.29. The number of ether oxygens (including phenoxy) is 1. The van der Waals surface area contributed by atoms with Gasteiger partial charge in [0.25, 0.3) is 5.91 Å². The minimum atomic E-state index is -1.10. The molecule has 0 bridgehead atoms. The number of allylic oxidation sites excluding steroid dienone is 3. The van der Waals surface area contributed by atoms with Gasteiger partial charge in [-0.25, -0.2) is 0 Å². The number of benzene rings is 2. The highest BCUT2D eigenvalue weighted by atomic mass is 16.5. The number of carbonyl (C=O) groups is 1. The molecule has 0 atom stereocenters. The second kappa shape index (κ2) is 16.1. The van der Waals surface area contributed by atoms with Crippen LogP contribution in [0.1, 0.15) is 70.3 Å². The molecule has 1 amide bonds. The van der Waals surface area contributed by atoms with E-state index >= 15 is 0 Å². The molecule has 7 heteroatoms. The van der Waals surface area contributed by atoms with Crippen molar-refractivity contribution in [3.05, 3.63) is 131 Å². The molecule has 3 rings (SSSR count). The van der Waals surface area contributed by atoms with Crippen LogP contribution >= 0.6 is 0 Å². The van der Waals surface area contributed by atoms with Crippen LogP contribution in [0.2, 0.25) is 0 Å². The predicted molar refractivity (Wildman–Crippen MR) is 164 cm³/mol. The number of amides is 1. The van der Waals surface area contributed by atoms with Crippen LogP contribution in [0.4, 0.5) is 0 Å². The molecule has 218 valence electrons. The smallest absolute Gasteiger partial charge is 0.255 e. The first kappa shape index (κ1) is 33.0. The third kappa shape index (κ3) is 9.15. The van der Waals surface area contributed by atoms with Gasteiger partial charge in [0.15, 0.2) is 5.82 Å². The highest BCUT2D eigenvalue weighted by molar-refractivity contribution is 5.97. The second-order valence-electron chi connectivity index (χ2n) is 9.80. The Labute approximate surface area is 244 Å². The molecule has 1 aromatic heterocycles. The highest BCUT2D eigenvalue weighted by Crippen LogP contribution is 2.37. The van der Waals surface area contributed by atoms with Crippen LogP contribution in [0, 0.1) is 0 Å². The van der Waals surface area contributed by atoms with Gasteiger partial charge >= 0.3 is 0 Å². The van der Waals surface area contributed by atoms with Crippen molar-refractivity contribution < 1.29 is 19.2 Å². The molecule has 41 heavy (non-hydrogen) atoms. The molecular weight excluding hydrogens is 514 g/mol. The average molecular weight is 558 g/mol. The molecule has 1 heterocycles. The number of nitrogens with zero attached hydrogens (tertiary/aromatic N) is 2. The van der Waals surface area contributed by atoms with Crippen molar-refractivity contribution in [2.24, 2.45) is 0 Å². The Morgan fingerprint density at radius 2 is 1.59 bits per heavy atom. The van der Waals surface area contributed by atoms with Crippen LogP contribution in [0.15, 0.2) is 112 Å². The maximum absolute atomic E-state index is 12.3. The summed E-state index contributed by atoms with van der Waals surface area (Å²) >= 11 is 0. The number of aliphatic hydroxyl groups is 1. The summed E-state index contributed by atoms with van der Waals surface area (Å²) in [5.74, 6) is 0.990. The fourth-order valence-electron chi connectivity index (χ4n) is 3.92. The lowest BCUT2D eigenvalue weighted by atomic mass is 9.79. The Hall–Kier alpha value is -4.23. The fraction of sp³-hybridized carbons (Fsp3) is 0.324. The summed E-state index contributed by atoms with van der Waals surface area (Å²) in [6.45, 7) is 18.0. The van der Waals surface area contributed by atoms with E-state index in [2.05, 4.69) is 35.5 Å². The van der Waals surface area contributed by atoms with E-state index in [0.29, 0.717) is 29.5 Å². The van der Waals surface area contributed by atoms with Crippen molar-refractivity contribution in [3.63, 3.8) is 0 Å². The molecule has 0 saturated carbocycles. The molecule has 0 radical (unpaired) electrons. The molecule has 2 N–H and O–H groups in total. The molecule has 0 aliphatic heterocycles. The molecule has 2 aromatic carbocycles. The van der Waals surface area contributed by atoms with Gasteiger partial charge in [0.05, 0.1) is 19.2 Å². The molecule has 0 spiro atoms. The predicted octanol–water partition coefficient (Wildman–Crippen LogP) is 6.97. The third-order valence-corrected chi connectivity index (χ3v) is 6.61. The van der Waals surface area contributed by atoms with Gasteiger partial charge in [0, 0.05) is 6.42 Å². The second-order valence-corrected chi connectivity index (χ2v) is 9.80. The number of aryl methyl sites for hydroxylation is 1. The Morgan fingerprint density at radius 3 is 2.02 bits per heavy atom. The normalized spacial score (nSPS) is 11.1. The number of aromatic nitrogens is 2. The zero-order valence-electron chi connectivity index (χ0n) is 25.2. The number of hydrogen-bond acceptors (Lipinski definition) is 6. The van der Waals surface area contributed by atoms with Gasteiger partial charge in [-0.3, -0.25) is 4.79 Å². The van der Waals surface area contributed by atoms with Crippen molar-refractivity contribution in [2.75, 3.05) is 7.11 Å². The largest absolute Gasteiger partial charge is 0.497 e. The van der Waals surface area contributed by atoms with Crippen LogP contribution in [0.5, 0.6) is 0 Å². The number of carbonyl (C=O) groups excluding carboxylic acids is 1. The van der Waals surface area contributed by atoms with Crippen LogP contribution < -0.4 is 5.32 Å². The number of nitrogens with one attached hydrogen (secondary N) is 1. The standard InChI is InChI=1S/C18H20O.C16H23N3O3/c1-3-10-15(2)18(19,16-11-6-4-7-12-16)17-13-8-5-9-14-17;1-7-15-18-14(19-22-15)9-17-16(20)13(12(5)21-6)8-11(4)10(2)3/h4-9,11-14,19H,2-3,10H2,1H3;8H,5,7,9H2,1-4,6H3,(H,17,20)/b;13-8+. The first-order chi connectivity index (χ1) is 19.6. The summed E-state index contributed by atoms with van der Waals surface area (Å²) in [7, 11) is 1.48. The number of rotatable bonds is 12. The van der Waals surface area contributed by atoms with Crippen molar-refractivity contribution in [1.29, 1.82) is 0 Å². The van der Waals surface area contributed by atoms with Crippen molar-refractivity contribution in [2.45, 2.75) is 66.0 Å². The lowest BCUT2D eigenvalue weighted by molar-refractivity contribution is -0.117. The van der Waals surface area contributed by atoms with E-state index in [4.69, 9.17) is 9.26 Å². The Morgan fingerprint density at radius 1 is 1.02 bits per heavy atom. The Bertz CT molecular complexity index is 1310. The monoisotopic (exact) mass is 557 g/mol. The van der Waals surface area contributed by atoms with Gasteiger partial charge in [-0.2, -0.15) is 4.98 Å². The number of hydrogen-bond donors (Lipinski definition) is 2. The third-order valence-electron chi connectivity index (χ3n) is 6.61. The van der Waals surface area contributed by atoms with E-state index in [-0.39, 0.29) is 12.5 Å². The molecule has 0 aliphatic rings. The van der Waals surface area contributed by atoms with Gasteiger partial charge in [0.2, 0.25) is 5.89 Å². The maximum Gasteiger partial charge on any atom is 0.255 e. The molecule has 0 saturated heterocycles. The van der Waals surface area contributed by atoms with E-state index in [9.17, 15) is 9.90 Å². The van der Waals surface area contributed by atoms with E-state index in [1.54, 1.807) is 6.08 Å². The summed E-state index contributed by atoms with van der Waals surface area (Å²) in [6.07, 6.45) is 4.19. The topological polar surface area (TPSA) is 97.5 Å². The molecule has 0 fully saturated rings. The zero-order valence-corrected chi connectivity index (χ0v) is 25.2. The van der Waals surface area contributed by atoms with Crippen molar-refractivity contribution in [3.8, 4) is 0 Å². The molecule has 0 aliphatic carbocycles. The maximum atomic E-state index is 12.3. The lowest BCUT2D eigenvalue weighted by Gasteiger charge is -2.31. The van der Waals surface area contributed by atoms with E-state index in [0.717, 1.165) is 40.7 Å². The highest BCUT2D eigenvalue weighted by Gasteiger charge is 2.33. The quantitative estimate of drug-likeness (QED) is 0.108. The van der Waals surface area contributed by atoms with Crippen LogP contribution in [0.3, 0.4) is 0 Å². The van der Waals surface area contributed by atoms with Crippen LogP contribution in [0.25, 0.3) is 0 Å². The summed E-state index contributed by atoms with van der Waals surface area (Å²) in [6, 6.07) is 19.5. The average Bonchev–Trinajstić information content (AvgIpc) is 3.47. The van der Waals surface area contributed by atoms with E-state index < -0.39 is 5.60 Å². The molecule has 0 unspecified atom stereocenters. The first-order valence-corrected chi connectivity index (χ1v) is 13.8. The molecular formula is C34H43N3O4. The summed E-state index contributed by atoms with van der Waals surface area (Å²) < 4.78 is 10.1. The summed E-state index contributed by atoms with van der Waals surface area (Å²) in [5, 5.41) is 17.8. The van der Waals surface area contributed by atoms with Crippen LogP contribution in [-0.4, -0.2) is 28.3 Å². The van der Waals surface area contributed by atoms with Gasteiger partial charge in [-0.1, -0.05) is 110 Å². The van der Waals surface area contributed by atoms with Gasteiger partial charge in [-0.05, 0) is 50.0 Å². The Balaban J connectivity index is 0.000000289. The SMILES string of the molecule is C=C(CCC)C(O)(c1ccccc1)c1ccccc1.C=C(OC)/C(=C\C(C)=C(C)C)C(=O)NCc1noc(CC)n1. The van der Waals surface area contributed by atoms with Crippen molar-refractivity contribution in [1.82, 2.24) is 15.5 Å². The van der Waals surface area contributed by atoms with Gasteiger partial charge in [0.1, 0.15) is 11.4 Å².